The van der Waals surface area contributed by atoms with Crippen LogP contribution in [0, 0.1) is 0 Å². The van der Waals surface area contributed by atoms with Crippen LogP contribution >= 0.6 is 0 Å². The van der Waals surface area contributed by atoms with Gasteiger partial charge in [-0.15, -0.1) is 0 Å². The lowest BCUT2D eigenvalue weighted by Crippen LogP contribution is -2.27. The third-order valence-electron chi connectivity index (χ3n) is 2.90. The van der Waals surface area contributed by atoms with E-state index in [1.807, 2.05) is 0 Å². The Labute approximate surface area is 124 Å². The maximum absolute atomic E-state index is 11.9. The number of aliphatic carboxylic acids is 1. The molecule has 6 nitrogen and oxygen atoms in total. The molecule has 0 aliphatic heterocycles. The van der Waals surface area contributed by atoms with Crippen LogP contribution < -0.4 is 5.32 Å². The van der Waals surface area contributed by atoms with Gasteiger partial charge >= 0.3 is 5.97 Å². The molecule has 116 valence electrons. The quantitative estimate of drug-likeness (QED) is 0.782. The number of carboxylic acid groups (broad SMARTS) is 1. The minimum absolute atomic E-state index is 0.0774. The van der Waals surface area contributed by atoms with Crippen molar-refractivity contribution >= 4 is 21.7 Å². The summed E-state index contributed by atoms with van der Waals surface area (Å²) in [5.41, 5.74) is 0.672. The topological polar surface area (TPSA) is 101 Å². The van der Waals surface area contributed by atoms with E-state index in [1.165, 1.54) is 12.1 Å². The van der Waals surface area contributed by atoms with Gasteiger partial charge in [-0.1, -0.05) is 12.1 Å². The predicted molar refractivity (Wildman–Crippen MR) is 77.7 cm³/mol. The highest BCUT2D eigenvalue weighted by Crippen LogP contribution is 2.16. The Bertz CT molecular complexity index is 605. The minimum Gasteiger partial charge on any atom is -0.481 e. The van der Waals surface area contributed by atoms with Crippen LogP contribution in [-0.4, -0.2) is 37.2 Å². The van der Waals surface area contributed by atoms with Crippen molar-refractivity contribution in [2.45, 2.75) is 36.8 Å². The highest BCUT2D eigenvalue weighted by atomic mass is 32.2. The number of amides is 1. The molecule has 0 aromatic heterocycles. The van der Waals surface area contributed by atoms with Gasteiger partial charge in [0, 0.05) is 6.54 Å². The van der Waals surface area contributed by atoms with Crippen LogP contribution in [0.3, 0.4) is 0 Å². The first-order valence-electron chi connectivity index (χ1n) is 6.55. The molecule has 2 N–H and O–H groups in total. The molecule has 0 bridgehead atoms. The summed E-state index contributed by atoms with van der Waals surface area (Å²) in [6.07, 6.45) is -0.0427. The average Bonchev–Trinajstić information content (AvgIpc) is 2.38. The van der Waals surface area contributed by atoms with Gasteiger partial charge in [0.2, 0.25) is 5.91 Å². The zero-order chi connectivity index (χ0) is 16.0. The molecule has 0 aliphatic rings. The minimum atomic E-state index is -3.31. The fraction of sp³-hybridized carbons (Fsp3) is 0.429. The first-order chi connectivity index (χ1) is 9.73. The van der Waals surface area contributed by atoms with E-state index in [4.69, 9.17) is 5.11 Å². The van der Waals surface area contributed by atoms with Crippen LogP contribution in [0.25, 0.3) is 0 Å². The number of sulfone groups is 1. The Kier molecular flexibility index (Phi) is 5.90. The van der Waals surface area contributed by atoms with Gasteiger partial charge in [-0.3, -0.25) is 9.59 Å². The summed E-state index contributed by atoms with van der Waals surface area (Å²) < 4.78 is 23.9. The van der Waals surface area contributed by atoms with Crippen LogP contribution in [0.2, 0.25) is 0 Å². The van der Waals surface area contributed by atoms with Crippen LogP contribution in [0.4, 0.5) is 0 Å². The van der Waals surface area contributed by atoms with Gasteiger partial charge in [0.15, 0.2) is 9.84 Å². The Morgan fingerprint density at radius 2 is 1.76 bits per heavy atom. The largest absolute Gasteiger partial charge is 0.481 e. The monoisotopic (exact) mass is 313 g/mol. The Morgan fingerprint density at radius 1 is 1.19 bits per heavy atom. The van der Waals surface area contributed by atoms with Gasteiger partial charge in [0.25, 0.3) is 0 Å². The third kappa shape index (κ3) is 5.18. The molecule has 0 spiro atoms. The first-order valence-corrected chi connectivity index (χ1v) is 8.09. The van der Waals surface area contributed by atoms with Crippen LogP contribution in [0.1, 0.15) is 25.8 Å². The summed E-state index contributed by atoms with van der Waals surface area (Å²) in [6.45, 7) is 3.30. The Hall–Kier alpha value is -1.89. The zero-order valence-electron chi connectivity index (χ0n) is 12.0. The third-order valence-corrected chi connectivity index (χ3v) is 5.07. The highest BCUT2D eigenvalue weighted by Gasteiger charge is 2.18. The molecule has 1 amide bonds. The summed E-state index contributed by atoms with van der Waals surface area (Å²) in [5, 5.41) is 10.4. The molecule has 0 unspecified atom stereocenters. The zero-order valence-corrected chi connectivity index (χ0v) is 12.8. The molecule has 0 aliphatic carbocycles. The molecule has 0 saturated heterocycles. The van der Waals surface area contributed by atoms with Crippen molar-refractivity contribution in [3.8, 4) is 0 Å². The molecule has 0 radical (unpaired) electrons. The van der Waals surface area contributed by atoms with Crippen LogP contribution in [0.15, 0.2) is 29.2 Å². The number of carbonyl (C=O) groups is 2. The van der Waals surface area contributed by atoms with Crippen molar-refractivity contribution in [3.63, 3.8) is 0 Å². The smallest absolute Gasteiger partial charge is 0.305 e. The van der Waals surface area contributed by atoms with Crippen molar-refractivity contribution in [2.24, 2.45) is 0 Å². The summed E-state index contributed by atoms with van der Waals surface area (Å²) in [7, 11) is -3.31. The second kappa shape index (κ2) is 7.21. The number of hydrogen-bond donors (Lipinski definition) is 2. The lowest BCUT2D eigenvalue weighted by Gasteiger charge is -2.08. The number of carboxylic acids is 1. The van der Waals surface area contributed by atoms with E-state index >= 15 is 0 Å². The summed E-state index contributed by atoms with van der Waals surface area (Å²) in [6, 6.07) is 6.14. The number of hydrogen-bond acceptors (Lipinski definition) is 4. The Balaban J connectivity index is 2.63. The van der Waals surface area contributed by atoms with Gasteiger partial charge in [0.1, 0.15) is 0 Å². The molecule has 1 aromatic carbocycles. The molecule has 21 heavy (non-hydrogen) atoms. The fourth-order valence-corrected chi connectivity index (χ4v) is 2.69. The fourth-order valence-electron chi connectivity index (χ4n) is 1.63. The molecule has 0 fully saturated rings. The molecule has 0 saturated carbocycles. The van der Waals surface area contributed by atoms with E-state index in [2.05, 4.69) is 5.32 Å². The van der Waals surface area contributed by atoms with Gasteiger partial charge in [-0.05, 0) is 31.5 Å². The number of rotatable bonds is 7. The van der Waals surface area contributed by atoms with Gasteiger partial charge in [-0.2, -0.15) is 0 Å². The van der Waals surface area contributed by atoms with Gasteiger partial charge in [0.05, 0.1) is 23.0 Å². The van der Waals surface area contributed by atoms with Crippen molar-refractivity contribution in [2.75, 3.05) is 6.54 Å². The van der Waals surface area contributed by atoms with E-state index < -0.39 is 21.1 Å². The standard InChI is InChI=1S/C14H19NO5S/c1-10(2)21(19,20)12-5-3-11(4-6-12)9-13(16)15-8-7-14(17)18/h3-6,10H,7-9H2,1-2H3,(H,15,16)(H,17,18). The molecular formula is C14H19NO5S. The summed E-state index contributed by atoms with van der Waals surface area (Å²) in [4.78, 5) is 22.1. The normalized spacial score (nSPS) is 11.4. The maximum Gasteiger partial charge on any atom is 0.305 e. The average molecular weight is 313 g/mol. The number of nitrogens with one attached hydrogen (secondary N) is 1. The molecule has 1 aromatic rings. The molecule has 0 atom stereocenters. The van der Waals surface area contributed by atoms with Crippen molar-refractivity contribution in [3.05, 3.63) is 29.8 Å². The summed E-state index contributed by atoms with van der Waals surface area (Å²) in [5.74, 6) is -1.27. The number of carbonyl (C=O) groups excluding carboxylic acids is 1. The van der Waals surface area contributed by atoms with Crippen LogP contribution in [-0.2, 0) is 25.8 Å². The Morgan fingerprint density at radius 3 is 2.24 bits per heavy atom. The van der Waals surface area contributed by atoms with E-state index in [9.17, 15) is 18.0 Å². The van der Waals surface area contributed by atoms with Gasteiger partial charge < -0.3 is 10.4 Å². The van der Waals surface area contributed by atoms with E-state index in [0.717, 1.165) is 0 Å². The molecule has 7 heteroatoms. The molecule has 0 heterocycles. The summed E-state index contributed by atoms with van der Waals surface area (Å²) >= 11 is 0. The van der Waals surface area contributed by atoms with Gasteiger partial charge in [-0.25, -0.2) is 8.42 Å². The molecular weight excluding hydrogens is 294 g/mol. The maximum atomic E-state index is 11.9. The van der Waals surface area contributed by atoms with Crippen molar-refractivity contribution in [1.29, 1.82) is 0 Å². The second-order valence-corrected chi connectivity index (χ2v) is 7.41. The van der Waals surface area contributed by atoms with Crippen molar-refractivity contribution < 1.29 is 23.1 Å². The van der Waals surface area contributed by atoms with E-state index in [-0.39, 0.29) is 30.2 Å². The predicted octanol–water partition coefficient (Wildman–Crippen LogP) is 1.00. The lowest BCUT2D eigenvalue weighted by molar-refractivity contribution is -0.136. The second-order valence-electron chi connectivity index (χ2n) is 4.91. The van der Waals surface area contributed by atoms with E-state index in [1.54, 1.807) is 26.0 Å². The number of benzene rings is 1. The lowest BCUT2D eigenvalue weighted by atomic mass is 10.1. The molecule has 1 rings (SSSR count). The first kappa shape index (κ1) is 17.2. The SMILES string of the molecule is CC(C)S(=O)(=O)c1ccc(CC(=O)NCCC(=O)O)cc1. The highest BCUT2D eigenvalue weighted by molar-refractivity contribution is 7.92. The van der Waals surface area contributed by atoms with E-state index in [0.29, 0.717) is 5.56 Å². The van der Waals surface area contributed by atoms with Crippen LogP contribution in [0.5, 0.6) is 0 Å². The van der Waals surface area contributed by atoms with Crippen molar-refractivity contribution in [1.82, 2.24) is 5.32 Å².